The molecule has 5 heteroatoms. The molecule has 1 unspecified atom stereocenters. The molecule has 1 saturated heterocycles. The van der Waals surface area contributed by atoms with Gasteiger partial charge in [-0.05, 0) is 55.0 Å². The maximum absolute atomic E-state index is 12.4. The van der Waals surface area contributed by atoms with E-state index in [0.717, 1.165) is 25.1 Å². The van der Waals surface area contributed by atoms with Crippen LogP contribution in [0.5, 0.6) is 0 Å². The van der Waals surface area contributed by atoms with E-state index >= 15 is 0 Å². The number of carboxylic acids is 1. The molecule has 29 heavy (non-hydrogen) atoms. The number of carbonyl (C=O) groups is 2. The van der Waals surface area contributed by atoms with Crippen LogP contribution < -0.4 is 10.2 Å². The van der Waals surface area contributed by atoms with E-state index in [2.05, 4.69) is 41.4 Å². The number of benzene rings is 2. The lowest BCUT2D eigenvalue weighted by Gasteiger charge is -2.32. The standard InChI is InChI=1S/C24H30N2O3/c1-2-19(21-8-4-5-9-22(21)26-14-6-3-7-15-26)17-25-23(27)16-18-10-12-20(13-11-18)24(28)29/h4-5,8-13,19H,2-3,6-7,14-17H2,1H3,(H,25,27)(H,28,29). The third kappa shape index (κ3) is 5.59. The first-order valence-corrected chi connectivity index (χ1v) is 10.5. The van der Waals surface area contributed by atoms with Crippen molar-refractivity contribution in [3.05, 3.63) is 65.2 Å². The fraction of sp³-hybridized carbons (Fsp3) is 0.417. The molecule has 0 spiro atoms. The van der Waals surface area contributed by atoms with E-state index in [4.69, 9.17) is 5.11 Å². The molecule has 1 amide bonds. The number of carbonyl (C=O) groups excluding carboxylic acids is 1. The van der Waals surface area contributed by atoms with E-state index in [0.29, 0.717) is 6.54 Å². The number of aromatic carboxylic acids is 1. The molecule has 3 rings (SSSR count). The first-order chi connectivity index (χ1) is 14.1. The van der Waals surface area contributed by atoms with Gasteiger partial charge in [-0.3, -0.25) is 4.79 Å². The molecular formula is C24H30N2O3. The smallest absolute Gasteiger partial charge is 0.335 e. The number of nitrogens with one attached hydrogen (secondary N) is 1. The summed E-state index contributed by atoms with van der Waals surface area (Å²) in [6, 6.07) is 15.0. The van der Waals surface area contributed by atoms with E-state index in [-0.39, 0.29) is 23.8 Å². The van der Waals surface area contributed by atoms with Crippen LogP contribution in [0.3, 0.4) is 0 Å². The second kappa shape index (κ2) is 10.1. The number of rotatable bonds is 8. The van der Waals surface area contributed by atoms with Gasteiger partial charge in [-0.1, -0.05) is 37.3 Å². The van der Waals surface area contributed by atoms with Crippen LogP contribution in [0.1, 0.15) is 60.0 Å². The minimum absolute atomic E-state index is 0.0398. The molecule has 1 heterocycles. The van der Waals surface area contributed by atoms with Crippen LogP contribution in [0.15, 0.2) is 48.5 Å². The summed E-state index contributed by atoms with van der Waals surface area (Å²) < 4.78 is 0. The Labute approximate surface area is 172 Å². The highest BCUT2D eigenvalue weighted by molar-refractivity contribution is 5.87. The number of anilines is 1. The Bertz CT molecular complexity index is 826. The lowest BCUT2D eigenvalue weighted by atomic mass is 9.93. The predicted molar refractivity (Wildman–Crippen MR) is 116 cm³/mol. The second-order valence-corrected chi connectivity index (χ2v) is 7.69. The number of para-hydroxylation sites is 1. The Morgan fingerprint density at radius 2 is 1.72 bits per heavy atom. The predicted octanol–water partition coefficient (Wildman–Crippen LogP) is 4.23. The van der Waals surface area contributed by atoms with E-state index < -0.39 is 5.97 Å². The number of carboxylic acid groups (broad SMARTS) is 1. The summed E-state index contributed by atoms with van der Waals surface area (Å²) in [5, 5.41) is 12.0. The Morgan fingerprint density at radius 1 is 1.03 bits per heavy atom. The molecule has 2 N–H and O–H groups in total. The van der Waals surface area contributed by atoms with E-state index in [1.165, 1.54) is 42.6 Å². The summed E-state index contributed by atoms with van der Waals surface area (Å²) in [5.74, 6) is -0.729. The van der Waals surface area contributed by atoms with Crippen LogP contribution in [-0.4, -0.2) is 36.6 Å². The number of nitrogens with zero attached hydrogens (tertiary/aromatic N) is 1. The molecule has 2 aromatic carbocycles. The van der Waals surface area contributed by atoms with Gasteiger partial charge in [0.1, 0.15) is 0 Å². The topological polar surface area (TPSA) is 69.6 Å². The zero-order valence-corrected chi connectivity index (χ0v) is 17.1. The summed E-state index contributed by atoms with van der Waals surface area (Å²) >= 11 is 0. The van der Waals surface area contributed by atoms with Crippen LogP contribution in [-0.2, 0) is 11.2 Å². The van der Waals surface area contributed by atoms with Crippen molar-refractivity contribution in [3.63, 3.8) is 0 Å². The zero-order valence-electron chi connectivity index (χ0n) is 17.1. The summed E-state index contributed by atoms with van der Waals surface area (Å²) in [5.41, 5.74) is 3.66. The van der Waals surface area contributed by atoms with Crippen molar-refractivity contribution in [3.8, 4) is 0 Å². The molecule has 0 saturated carbocycles. The summed E-state index contributed by atoms with van der Waals surface area (Å²) in [6.07, 6.45) is 4.99. The SMILES string of the molecule is CCC(CNC(=O)Cc1ccc(C(=O)O)cc1)c1ccccc1N1CCCCC1. The van der Waals surface area contributed by atoms with Crippen molar-refractivity contribution >= 4 is 17.6 Å². The van der Waals surface area contributed by atoms with E-state index in [9.17, 15) is 9.59 Å². The van der Waals surface area contributed by atoms with Gasteiger partial charge in [-0.15, -0.1) is 0 Å². The van der Waals surface area contributed by atoms with Crippen LogP contribution in [0.25, 0.3) is 0 Å². The fourth-order valence-corrected chi connectivity index (χ4v) is 3.98. The largest absolute Gasteiger partial charge is 0.478 e. The van der Waals surface area contributed by atoms with E-state index in [1.54, 1.807) is 12.1 Å². The van der Waals surface area contributed by atoms with Gasteiger partial charge in [-0.2, -0.15) is 0 Å². The molecule has 5 nitrogen and oxygen atoms in total. The summed E-state index contributed by atoms with van der Waals surface area (Å²) in [7, 11) is 0. The number of amides is 1. The highest BCUT2D eigenvalue weighted by Crippen LogP contribution is 2.31. The molecule has 0 bridgehead atoms. The van der Waals surface area contributed by atoms with Crippen LogP contribution in [0, 0.1) is 0 Å². The van der Waals surface area contributed by atoms with E-state index in [1.807, 2.05) is 0 Å². The fourth-order valence-electron chi connectivity index (χ4n) is 3.98. The Kier molecular flexibility index (Phi) is 7.28. The molecule has 1 fully saturated rings. The van der Waals surface area contributed by atoms with Gasteiger partial charge in [0.15, 0.2) is 0 Å². The van der Waals surface area contributed by atoms with Crippen molar-refractivity contribution in [1.29, 1.82) is 0 Å². The van der Waals surface area contributed by atoms with Crippen molar-refractivity contribution in [2.75, 3.05) is 24.5 Å². The number of hydrogen-bond acceptors (Lipinski definition) is 3. The van der Waals surface area contributed by atoms with Gasteiger partial charge in [0, 0.05) is 31.2 Å². The van der Waals surface area contributed by atoms with Gasteiger partial charge < -0.3 is 15.3 Å². The summed E-state index contributed by atoms with van der Waals surface area (Å²) in [4.78, 5) is 25.8. The highest BCUT2D eigenvalue weighted by Gasteiger charge is 2.19. The second-order valence-electron chi connectivity index (χ2n) is 7.69. The van der Waals surface area contributed by atoms with Crippen LogP contribution in [0.2, 0.25) is 0 Å². The molecule has 2 aromatic rings. The first-order valence-electron chi connectivity index (χ1n) is 10.5. The number of piperidine rings is 1. The first kappa shape index (κ1) is 20.9. The number of hydrogen-bond donors (Lipinski definition) is 2. The molecule has 0 aliphatic carbocycles. The monoisotopic (exact) mass is 394 g/mol. The van der Waals surface area contributed by atoms with Gasteiger partial charge in [-0.25, -0.2) is 4.79 Å². The zero-order chi connectivity index (χ0) is 20.6. The van der Waals surface area contributed by atoms with Crippen LogP contribution in [0.4, 0.5) is 5.69 Å². The Balaban J connectivity index is 1.61. The lowest BCUT2D eigenvalue weighted by Crippen LogP contribution is -2.33. The molecule has 1 atom stereocenters. The van der Waals surface area contributed by atoms with Crippen molar-refractivity contribution in [1.82, 2.24) is 5.32 Å². The van der Waals surface area contributed by atoms with Crippen LogP contribution >= 0.6 is 0 Å². The van der Waals surface area contributed by atoms with Crippen molar-refractivity contribution < 1.29 is 14.7 Å². The minimum atomic E-state index is -0.959. The third-order valence-corrected chi connectivity index (χ3v) is 5.68. The lowest BCUT2D eigenvalue weighted by molar-refractivity contribution is -0.120. The molecule has 1 aliphatic rings. The normalized spacial score (nSPS) is 15.0. The Hall–Kier alpha value is -2.82. The third-order valence-electron chi connectivity index (χ3n) is 5.68. The molecular weight excluding hydrogens is 364 g/mol. The van der Waals surface area contributed by atoms with Gasteiger partial charge in [0.05, 0.1) is 12.0 Å². The molecule has 1 aliphatic heterocycles. The molecule has 0 aromatic heterocycles. The maximum Gasteiger partial charge on any atom is 0.335 e. The molecule has 154 valence electrons. The molecule has 0 radical (unpaired) electrons. The van der Waals surface area contributed by atoms with Gasteiger partial charge >= 0.3 is 5.97 Å². The maximum atomic E-state index is 12.4. The average Bonchev–Trinajstić information content (AvgIpc) is 2.75. The van der Waals surface area contributed by atoms with Gasteiger partial charge in [0.25, 0.3) is 0 Å². The van der Waals surface area contributed by atoms with Crippen molar-refractivity contribution in [2.24, 2.45) is 0 Å². The highest BCUT2D eigenvalue weighted by atomic mass is 16.4. The minimum Gasteiger partial charge on any atom is -0.478 e. The average molecular weight is 395 g/mol. The quantitative estimate of drug-likeness (QED) is 0.703. The van der Waals surface area contributed by atoms with Crippen molar-refractivity contribution in [2.45, 2.75) is 44.9 Å². The van der Waals surface area contributed by atoms with Gasteiger partial charge in [0.2, 0.25) is 5.91 Å². The summed E-state index contributed by atoms with van der Waals surface area (Å²) in [6.45, 7) is 4.97. The Morgan fingerprint density at radius 3 is 2.38 bits per heavy atom.